The molecule has 0 atom stereocenters. The third kappa shape index (κ3) is 21.8. The van der Waals surface area contributed by atoms with Crippen LogP contribution < -0.4 is 40.4 Å². The zero-order chi connectivity index (χ0) is 50.4. The second-order valence-electron chi connectivity index (χ2n) is 14.1. The first kappa shape index (κ1) is 56.1. The summed E-state index contributed by atoms with van der Waals surface area (Å²) in [6.07, 6.45) is 12.8. The molecule has 2 aromatic heterocycles. The molecule has 0 bridgehead atoms. The van der Waals surface area contributed by atoms with E-state index in [2.05, 4.69) is 91.1 Å². The quantitative estimate of drug-likeness (QED) is 0.0574. The van der Waals surface area contributed by atoms with Gasteiger partial charge in [0, 0.05) is 65.4 Å². The molecule has 0 spiro atoms. The number of imidazole rings is 2. The van der Waals surface area contributed by atoms with Gasteiger partial charge < -0.3 is 97.6 Å². The van der Waals surface area contributed by atoms with Gasteiger partial charge in [-0.15, -0.1) is 12.8 Å². The van der Waals surface area contributed by atoms with E-state index in [0.29, 0.717) is 62.9 Å². The predicted molar refractivity (Wildman–Crippen MR) is 236 cm³/mol. The Kier molecular flexibility index (Phi) is 25.6. The molecule has 2 aliphatic heterocycles. The van der Waals surface area contributed by atoms with Crippen LogP contribution in [-0.2, 0) is 51.3 Å². The highest BCUT2D eigenvalue weighted by Crippen LogP contribution is 2.25. The van der Waals surface area contributed by atoms with E-state index in [1.165, 1.54) is 0 Å². The van der Waals surface area contributed by atoms with Crippen LogP contribution >= 0.6 is 0 Å². The zero-order valence-electron chi connectivity index (χ0n) is 37.4. The maximum absolute atomic E-state index is 9.41. The van der Waals surface area contributed by atoms with Gasteiger partial charge in [-0.2, -0.15) is 0 Å². The molecule has 6 rings (SSSR count). The molecule has 0 N–H and O–H groups in total. The summed E-state index contributed by atoms with van der Waals surface area (Å²) in [4.78, 5) is 75.6. The van der Waals surface area contributed by atoms with Crippen LogP contribution in [0.3, 0.4) is 0 Å². The molecule has 0 unspecified atom stereocenters. The highest BCUT2D eigenvalue weighted by molar-refractivity contribution is 5.89. The molecule has 2 aromatic carbocycles. The van der Waals surface area contributed by atoms with Crippen molar-refractivity contribution < 1.29 is 68.9 Å². The summed E-state index contributed by atoms with van der Waals surface area (Å²) in [5.41, 5.74) is 4.38. The van der Waals surface area contributed by atoms with Gasteiger partial charge in [0.2, 0.25) is 11.9 Å². The van der Waals surface area contributed by atoms with E-state index in [-0.39, 0.29) is 0 Å². The number of carboxylic acids is 6. The number of benzene rings is 2. The summed E-state index contributed by atoms with van der Waals surface area (Å²) in [7, 11) is 4.32. The SMILES string of the molecule is C#CCOCCn1c(N2CCN(C)CC2)nc2ccccc21.C#CCOCCn1c(N2CCN(C)CC2)nc2ccccc21.O=C([O-])/C=C/C(=O)[O-].O=C([O-])/C=C/C(=O)[O-].O=C([O-])/C=C/C(=O)[O-]. The number of likely N-dealkylation sites (N-methyl/N-ethyl adjacent to an activating group) is 2. The van der Waals surface area contributed by atoms with Crippen LogP contribution in [0.2, 0.25) is 0 Å². The molecule has 4 aromatic rings. The topological polar surface area (TPSA) is 308 Å². The Morgan fingerprint density at radius 2 is 0.794 bits per heavy atom. The molecule has 0 saturated carbocycles. The summed E-state index contributed by atoms with van der Waals surface area (Å²) in [5.74, 6) is -2.19. The molecule has 2 fully saturated rings. The zero-order valence-corrected chi connectivity index (χ0v) is 37.4. The number of ether oxygens (including phenoxy) is 2. The number of aliphatic carboxylic acids is 6. The number of anilines is 2. The van der Waals surface area contributed by atoms with Crippen molar-refractivity contribution in [1.82, 2.24) is 28.9 Å². The lowest BCUT2D eigenvalue weighted by Crippen LogP contribution is -2.45. The number of hydrogen-bond donors (Lipinski definition) is 0. The molecular formula is C46H50N8O14-6. The van der Waals surface area contributed by atoms with Gasteiger partial charge in [0.15, 0.2) is 0 Å². The Bertz CT molecular complexity index is 2200. The van der Waals surface area contributed by atoms with Gasteiger partial charge in [0.05, 0.1) is 71.1 Å². The average Bonchev–Trinajstić information content (AvgIpc) is 3.87. The number of terminal acetylenes is 2. The second kappa shape index (κ2) is 31.0. The second-order valence-corrected chi connectivity index (χ2v) is 14.1. The van der Waals surface area contributed by atoms with E-state index in [4.69, 9.17) is 32.3 Å². The van der Waals surface area contributed by atoms with Gasteiger partial charge in [-0.25, -0.2) is 9.97 Å². The molecule has 0 aliphatic carbocycles. The Labute approximate surface area is 392 Å². The molecule has 68 heavy (non-hydrogen) atoms. The van der Waals surface area contributed by atoms with Crippen molar-refractivity contribution in [2.45, 2.75) is 13.1 Å². The van der Waals surface area contributed by atoms with Gasteiger partial charge in [-0.3, -0.25) is 0 Å². The van der Waals surface area contributed by atoms with Crippen molar-refractivity contribution >= 4 is 69.8 Å². The van der Waals surface area contributed by atoms with Crippen LogP contribution in [0.5, 0.6) is 0 Å². The lowest BCUT2D eigenvalue weighted by atomic mass is 10.3. The standard InChI is InChI=1S/2C17H22N4O.3C4H4O4/c2*1-3-13-22-14-12-21-16-7-5-4-6-15(16)18-17(21)20-10-8-19(2)9-11-20;3*5-3(6)1-2-4(7)8/h2*1,4-7H,8-14H2,2H3;3*1-2H,(H,5,6)(H,7,8)/p-6/b;;3*2-1+. The van der Waals surface area contributed by atoms with Crippen LogP contribution in [0.25, 0.3) is 22.1 Å². The number of piperazine rings is 2. The predicted octanol–water partition coefficient (Wildman–Crippen LogP) is -6.00. The molecule has 4 heterocycles. The van der Waals surface area contributed by atoms with Crippen LogP contribution in [-0.4, -0.2) is 158 Å². The molecule has 2 aliphatic rings. The van der Waals surface area contributed by atoms with Gasteiger partial charge in [-0.1, -0.05) is 36.1 Å². The maximum Gasteiger partial charge on any atom is 0.206 e. The Balaban J connectivity index is 0.000000320. The first-order valence-electron chi connectivity index (χ1n) is 20.6. The summed E-state index contributed by atoms with van der Waals surface area (Å²) in [5, 5.41) is 56.5. The number of carbonyl (C=O) groups is 6. The number of carbonyl (C=O) groups excluding carboxylic acids is 6. The highest BCUT2D eigenvalue weighted by Gasteiger charge is 2.22. The number of carboxylic acid groups (broad SMARTS) is 6. The number of para-hydroxylation sites is 4. The normalized spacial score (nSPS) is 13.8. The van der Waals surface area contributed by atoms with Crippen molar-refractivity contribution in [2.75, 3.05) is 103 Å². The minimum absolute atomic E-state index is 0.358. The van der Waals surface area contributed by atoms with E-state index in [9.17, 15) is 59.4 Å². The number of nitrogens with zero attached hydrogens (tertiary/aromatic N) is 8. The smallest absolute Gasteiger partial charge is 0.206 e. The Morgan fingerprint density at radius 3 is 1.06 bits per heavy atom. The molecule has 364 valence electrons. The lowest BCUT2D eigenvalue weighted by molar-refractivity contribution is -0.301. The molecule has 22 nitrogen and oxygen atoms in total. The van der Waals surface area contributed by atoms with Crippen LogP contribution in [0.15, 0.2) is 85.0 Å². The molecule has 2 saturated heterocycles. The fraction of sp³-hybridized carbons (Fsp3) is 0.348. The third-order valence-electron chi connectivity index (χ3n) is 9.20. The largest absolute Gasteiger partial charge is 0.545 e. The summed E-state index contributed by atoms with van der Waals surface area (Å²) in [6.45, 7) is 11.7. The van der Waals surface area contributed by atoms with Crippen molar-refractivity contribution in [3.63, 3.8) is 0 Å². The fourth-order valence-corrected chi connectivity index (χ4v) is 6.04. The van der Waals surface area contributed by atoms with Crippen molar-refractivity contribution in [3.8, 4) is 24.7 Å². The van der Waals surface area contributed by atoms with Crippen molar-refractivity contribution in [1.29, 1.82) is 0 Å². The van der Waals surface area contributed by atoms with Gasteiger partial charge >= 0.3 is 0 Å². The minimum atomic E-state index is -1.55. The summed E-state index contributed by atoms with van der Waals surface area (Å²) in [6, 6.07) is 16.5. The first-order valence-corrected chi connectivity index (χ1v) is 20.6. The van der Waals surface area contributed by atoms with E-state index in [1.807, 2.05) is 12.1 Å². The van der Waals surface area contributed by atoms with Crippen molar-refractivity contribution in [3.05, 3.63) is 85.0 Å². The van der Waals surface area contributed by atoms with Crippen LogP contribution in [0.1, 0.15) is 0 Å². The number of fused-ring (bicyclic) bond motifs is 2. The minimum Gasteiger partial charge on any atom is -0.545 e. The van der Waals surface area contributed by atoms with Gasteiger partial charge in [-0.05, 0) is 74.8 Å². The van der Waals surface area contributed by atoms with Gasteiger partial charge in [0.1, 0.15) is 13.2 Å². The van der Waals surface area contributed by atoms with E-state index in [1.54, 1.807) is 0 Å². The first-order chi connectivity index (χ1) is 32.5. The lowest BCUT2D eigenvalue weighted by Gasteiger charge is -2.33. The molecule has 0 amide bonds. The number of rotatable bonds is 16. The van der Waals surface area contributed by atoms with Gasteiger partial charge in [0.25, 0.3) is 0 Å². The highest BCUT2D eigenvalue weighted by atomic mass is 16.5. The third-order valence-corrected chi connectivity index (χ3v) is 9.20. The molecule has 22 heteroatoms. The fourth-order valence-electron chi connectivity index (χ4n) is 6.04. The number of hydrogen-bond acceptors (Lipinski definition) is 20. The Hall–Kier alpha value is -8.02. The van der Waals surface area contributed by atoms with E-state index in [0.717, 1.165) is 99.4 Å². The van der Waals surface area contributed by atoms with E-state index < -0.39 is 35.8 Å². The molecular weight excluding hydrogens is 889 g/mol. The van der Waals surface area contributed by atoms with Crippen LogP contribution in [0, 0.1) is 24.7 Å². The van der Waals surface area contributed by atoms with Crippen LogP contribution in [0.4, 0.5) is 11.9 Å². The summed E-state index contributed by atoms with van der Waals surface area (Å²) >= 11 is 0. The molecule has 0 radical (unpaired) electrons. The monoisotopic (exact) mass is 938 g/mol. The number of aromatic nitrogens is 4. The van der Waals surface area contributed by atoms with E-state index >= 15 is 0 Å². The van der Waals surface area contributed by atoms with Crippen molar-refractivity contribution in [2.24, 2.45) is 0 Å². The average molecular weight is 939 g/mol. The Morgan fingerprint density at radius 1 is 0.515 bits per heavy atom. The maximum atomic E-state index is 9.41. The summed E-state index contributed by atoms with van der Waals surface area (Å²) < 4.78 is 15.4.